The van der Waals surface area contributed by atoms with Crippen molar-refractivity contribution in [2.75, 3.05) is 13.7 Å². The first-order valence-electron chi connectivity index (χ1n) is 6.77. The summed E-state index contributed by atoms with van der Waals surface area (Å²) in [7, 11) is 1.66. The molecule has 1 aromatic heterocycles. The predicted octanol–water partition coefficient (Wildman–Crippen LogP) is 2.18. The van der Waals surface area contributed by atoms with E-state index < -0.39 is 0 Å². The van der Waals surface area contributed by atoms with Crippen LogP contribution in [-0.4, -0.2) is 23.6 Å². The van der Waals surface area contributed by atoms with Crippen LogP contribution in [0.4, 0.5) is 0 Å². The third-order valence-corrected chi connectivity index (χ3v) is 3.87. The van der Waals surface area contributed by atoms with Crippen LogP contribution in [0.3, 0.4) is 0 Å². The molecular weight excluding hydrogens is 286 g/mol. The van der Waals surface area contributed by atoms with Crippen molar-refractivity contribution in [3.05, 3.63) is 51.9 Å². The maximum Gasteiger partial charge on any atom is 0.251 e. The van der Waals surface area contributed by atoms with Gasteiger partial charge in [0.2, 0.25) is 0 Å². The van der Waals surface area contributed by atoms with Gasteiger partial charge in [0.05, 0.1) is 7.11 Å². The number of hydrogen-bond acceptors (Lipinski definition) is 5. The highest BCUT2D eigenvalue weighted by Crippen LogP contribution is 2.26. The van der Waals surface area contributed by atoms with Crippen molar-refractivity contribution in [3.8, 4) is 5.75 Å². The Morgan fingerprint density at radius 3 is 2.95 bits per heavy atom. The van der Waals surface area contributed by atoms with E-state index in [0.717, 1.165) is 24.4 Å². The Labute approximate surface area is 128 Å². The highest BCUT2D eigenvalue weighted by Gasteiger charge is 2.06. The van der Waals surface area contributed by atoms with E-state index in [1.54, 1.807) is 7.11 Å². The molecule has 2 aromatic rings. The van der Waals surface area contributed by atoms with Crippen LogP contribution in [0.15, 0.2) is 40.4 Å². The zero-order valence-electron chi connectivity index (χ0n) is 12.2. The van der Waals surface area contributed by atoms with Gasteiger partial charge >= 0.3 is 0 Å². The number of ether oxygens (including phenoxy) is 1. The van der Waals surface area contributed by atoms with E-state index in [1.807, 2.05) is 6.07 Å². The molecule has 1 heterocycles. The second-order valence-electron chi connectivity index (χ2n) is 4.45. The number of nitrogens with one attached hydrogen (secondary N) is 2. The van der Waals surface area contributed by atoms with E-state index in [2.05, 4.69) is 34.3 Å². The van der Waals surface area contributed by atoms with E-state index in [4.69, 9.17) is 4.74 Å². The van der Waals surface area contributed by atoms with Gasteiger partial charge in [-0.15, -0.1) is 0 Å². The number of nitrogens with zero attached hydrogens (tertiary/aromatic N) is 1. The van der Waals surface area contributed by atoms with Crippen molar-refractivity contribution < 1.29 is 4.74 Å². The predicted molar refractivity (Wildman–Crippen MR) is 84.8 cm³/mol. The summed E-state index contributed by atoms with van der Waals surface area (Å²) in [5, 5.41) is 3.92. The van der Waals surface area contributed by atoms with Gasteiger partial charge in [0, 0.05) is 30.1 Å². The molecule has 0 aliphatic carbocycles. The van der Waals surface area contributed by atoms with Gasteiger partial charge in [0.1, 0.15) is 5.75 Å². The van der Waals surface area contributed by atoms with Crippen molar-refractivity contribution in [2.45, 2.75) is 24.4 Å². The van der Waals surface area contributed by atoms with Crippen LogP contribution >= 0.6 is 11.8 Å². The van der Waals surface area contributed by atoms with E-state index in [0.29, 0.717) is 10.9 Å². The molecule has 2 rings (SSSR count). The molecule has 112 valence electrons. The van der Waals surface area contributed by atoms with Crippen LogP contribution in [0.5, 0.6) is 5.75 Å². The molecule has 1 aromatic carbocycles. The Morgan fingerprint density at radius 1 is 1.38 bits per heavy atom. The molecule has 5 nitrogen and oxygen atoms in total. The molecule has 0 aliphatic heterocycles. The number of aromatic nitrogens is 2. The summed E-state index contributed by atoms with van der Waals surface area (Å²) in [6.07, 6.45) is 1.51. The topological polar surface area (TPSA) is 67.0 Å². The standard InChI is InChI=1S/C15H19N3O2S/c1-3-16-9-11-4-5-13(20-2)12(8-11)10-21-15-17-7-6-14(19)18-15/h4-8,16H,3,9-10H2,1-2H3,(H,17,18,19). The monoisotopic (exact) mass is 305 g/mol. The molecule has 0 amide bonds. The minimum atomic E-state index is -0.139. The fourth-order valence-electron chi connectivity index (χ4n) is 1.90. The van der Waals surface area contributed by atoms with E-state index >= 15 is 0 Å². The highest BCUT2D eigenvalue weighted by molar-refractivity contribution is 7.98. The second kappa shape index (κ2) is 7.85. The van der Waals surface area contributed by atoms with E-state index in [1.165, 1.54) is 29.6 Å². The lowest BCUT2D eigenvalue weighted by molar-refractivity contribution is 0.411. The number of aromatic amines is 1. The fourth-order valence-corrected chi connectivity index (χ4v) is 2.72. The summed E-state index contributed by atoms with van der Waals surface area (Å²) in [4.78, 5) is 18.1. The molecule has 0 aliphatic rings. The quantitative estimate of drug-likeness (QED) is 0.606. The second-order valence-corrected chi connectivity index (χ2v) is 5.42. The number of hydrogen-bond donors (Lipinski definition) is 2. The van der Waals surface area contributed by atoms with Crippen LogP contribution in [-0.2, 0) is 12.3 Å². The van der Waals surface area contributed by atoms with Crippen molar-refractivity contribution in [3.63, 3.8) is 0 Å². The lowest BCUT2D eigenvalue weighted by atomic mass is 10.1. The molecule has 2 N–H and O–H groups in total. The Kier molecular flexibility index (Phi) is 5.83. The van der Waals surface area contributed by atoms with Gasteiger partial charge in [-0.25, -0.2) is 4.98 Å². The molecule has 0 unspecified atom stereocenters. The first-order valence-corrected chi connectivity index (χ1v) is 7.76. The first kappa shape index (κ1) is 15.6. The van der Waals surface area contributed by atoms with Crippen LogP contribution in [0.1, 0.15) is 18.1 Å². The third-order valence-electron chi connectivity index (χ3n) is 2.94. The number of methoxy groups -OCH3 is 1. The molecule has 0 atom stereocenters. The summed E-state index contributed by atoms with van der Waals surface area (Å²) < 4.78 is 5.39. The van der Waals surface area contributed by atoms with Gasteiger partial charge in [-0.3, -0.25) is 4.79 Å². The Bertz CT molecular complexity index is 643. The minimum Gasteiger partial charge on any atom is -0.496 e. The largest absolute Gasteiger partial charge is 0.496 e. The Hall–Kier alpha value is -1.79. The van der Waals surface area contributed by atoms with Gasteiger partial charge in [-0.1, -0.05) is 24.8 Å². The molecule has 0 spiro atoms. The minimum absolute atomic E-state index is 0.139. The van der Waals surface area contributed by atoms with Gasteiger partial charge < -0.3 is 15.0 Å². The maximum atomic E-state index is 11.3. The summed E-state index contributed by atoms with van der Waals surface area (Å²) in [5.41, 5.74) is 2.16. The molecule has 21 heavy (non-hydrogen) atoms. The lowest BCUT2D eigenvalue weighted by Gasteiger charge is -2.10. The number of thioether (sulfide) groups is 1. The van der Waals surface area contributed by atoms with E-state index in [-0.39, 0.29) is 5.56 Å². The van der Waals surface area contributed by atoms with Crippen molar-refractivity contribution in [1.29, 1.82) is 0 Å². The van der Waals surface area contributed by atoms with Crippen LogP contribution in [0, 0.1) is 0 Å². The average Bonchev–Trinajstić information content (AvgIpc) is 2.51. The average molecular weight is 305 g/mol. The summed E-state index contributed by atoms with van der Waals surface area (Å²) >= 11 is 1.48. The Morgan fingerprint density at radius 2 is 2.24 bits per heavy atom. The van der Waals surface area contributed by atoms with E-state index in [9.17, 15) is 4.79 Å². The number of H-pyrrole nitrogens is 1. The van der Waals surface area contributed by atoms with Crippen LogP contribution in [0.2, 0.25) is 0 Å². The molecule has 6 heteroatoms. The zero-order valence-corrected chi connectivity index (χ0v) is 13.0. The molecule has 0 bridgehead atoms. The summed E-state index contributed by atoms with van der Waals surface area (Å²) in [5.74, 6) is 1.54. The van der Waals surface area contributed by atoms with Crippen LogP contribution < -0.4 is 15.6 Å². The first-order chi connectivity index (χ1) is 10.2. The van der Waals surface area contributed by atoms with Gasteiger partial charge in [0.15, 0.2) is 5.16 Å². The molecule has 0 radical (unpaired) electrons. The summed E-state index contributed by atoms with van der Waals surface area (Å²) in [6, 6.07) is 7.55. The molecule has 0 saturated heterocycles. The van der Waals surface area contributed by atoms with Crippen molar-refractivity contribution in [1.82, 2.24) is 15.3 Å². The SMILES string of the molecule is CCNCc1ccc(OC)c(CSc2nccc(=O)[nH]2)c1. The molecular formula is C15H19N3O2S. The smallest absolute Gasteiger partial charge is 0.251 e. The Balaban J connectivity index is 2.11. The van der Waals surface area contributed by atoms with Gasteiger partial charge in [0.25, 0.3) is 5.56 Å². The molecule has 0 saturated carbocycles. The number of rotatable bonds is 7. The number of benzene rings is 1. The van der Waals surface area contributed by atoms with Crippen LogP contribution in [0.25, 0.3) is 0 Å². The fraction of sp³-hybridized carbons (Fsp3) is 0.333. The van der Waals surface area contributed by atoms with Crippen molar-refractivity contribution >= 4 is 11.8 Å². The van der Waals surface area contributed by atoms with Gasteiger partial charge in [-0.2, -0.15) is 0 Å². The zero-order chi connectivity index (χ0) is 15.1. The van der Waals surface area contributed by atoms with Crippen molar-refractivity contribution in [2.24, 2.45) is 0 Å². The normalized spacial score (nSPS) is 10.6. The highest BCUT2D eigenvalue weighted by atomic mass is 32.2. The third kappa shape index (κ3) is 4.61. The van der Waals surface area contributed by atoms with Gasteiger partial charge in [-0.05, 0) is 24.2 Å². The lowest BCUT2D eigenvalue weighted by Crippen LogP contribution is -2.12. The maximum absolute atomic E-state index is 11.3. The molecule has 0 fully saturated rings. The summed E-state index contributed by atoms with van der Waals surface area (Å²) in [6.45, 7) is 3.85.